The Morgan fingerprint density at radius 1 is 1.31 bits per heavy atom. The molecule has 0 bridgehead atoms. The van der Waals surface area contributed by atoms with Crippen molar-refractivity contribution in [2.75, 3.05) is 11.4 Å². The number of hydrogen-bond acceptors (Lipinski definition) is 3. The molecular weight excluding hydrogens is 202 g/mol. The summed E-state index contributed by atoms with van der Waals surface area (Å²) >= 11 is 0. The van der Waals surface area contributed by atoms with E-state index in [4.69, 9.17) is 0 Å². The SMILES string of the molecule is CC(O)C(C)N1CCC(O)c2ccccc21. The lowest BCUT2D eigenvalue weighted by Crippen LogP contribution is -2.43. The molecule has 0 fully saturated rings. The lowest BCUT2D eigenvalue weighted by atomic mass is 9.96. The van der Waals surface area contributed by atoms with Crippen LogP contribution in [0.4, 0.5) is 5.69 Å². The van der Waals surface area contributed by atoms with Crippen LogP contribution < -0.4 is 4.90 Å². The maximum atomic E-state index is 9.91. The molecule has 1 aliphatic rings. The fourth-order valence-electron chi connectivity index (χ4n) is 2.25. The van der Waals surface area contributed by atoms with Crippen molar-refractivity contribution in [1.82, 2.24) is 0 Å². The number of fused-ring (bicyclic) bond motifs is 1. The van der Waals surface area contributed by atoms with E-state index in [0.29, 0.717) is 0 Å². The second kappa shape index (κ2) is 4.44. The smallest absolute Gasteiger partial charge is 0.0826 e. The highest BCUT2D eigenvalue weighted by molar-refractivity contribution is 5.57. The van der Waals surface area contributed by atoms with Gasteiger partial charge in [0.15, 0.2) is 0 Å². The van der Waals surface area contributed by atoms with Crippen molar-refractivity contribution in [1.29, 1.82) is 0 Å². The summed E-state index contributed by atoms with van der Waals surface area (Å²) in [5.41, 5.74) is 2.02. The summed E-state index contributed by atoms with van der Waals surface area (Å²) in [6.07, 6.45) is -0.00871. The van der Waals surface area contributed by atoms with Gasteiger partial charge in [-0.3, -0.25) is 0 Å². The Morgan fingerprint density at radius 2 is 2.00 bits per heavy atom. The third-order valence-electron chi connectivity index (χ3n) is 3.44. The van der Waals surface area contributed by atoms with Crippen LogP contribution in [0, 0.1) is 0 Å². The zero-order valence-corrected chi connectivity index (χ0v) is 9.80. The van der Waals surface area contributed by atoms with Crippen LogP contribution in [-0.4, -0.2) is 28.9 Å². The minimum absolute atomic E-state index is 0.0775. The van der Waals surface area contributed by atoms with E-state index >= 15 is 0 Å². The summed E-state index contributed by atoms with van der Waals surface area (Å²) in [5.74, 6) is 0. The fourth-order valence-corrected chi connectivity index (χ4v) is 2.25. The van der Waals surface area contributed by atoms with Crippen molar-refractivity contribution in [3.63, 3.8) is 0 Å². The van der Waals surface area contributed by atoms with Gasteiger partial charge in [0.1, 0.15) is 0 Å². The summed E-state index contributed by atoms with van der Waals surface area (Å²) in [6.45, 7) is 4.61. The van der Waals surface area contributed by atoms with Crippen LogP contribution in [0.2, 0.25) is 0 Å². The van der Waals surface area contributed by atoms with Crippen LogP contribution in [0.5, 0.6) is 0 Å². The maximum absolute atomic E-state index is 9.91. The predicted octanol–water partition coefficient (Wildman–Crippen LogP) is 1.70. The summed E-state index contributed by atoms with van der Waals surface area (Å²) in [4.78, 5) is 2.17. The second-order valence-electron chi connectivity index (χ2n) is 4.54. The number of aliphatic hydroxyl groups is 2. The maximum Gasteiger partial charge on any atom is 0.0826 e. The lowest BCUT2D eigenvalue weighted by Gasteiger charge is -2.39. The van der Waals surface area contributed by atoms with Gasteiger partial charge in [0.2, 0.25) is 0 Å². The molecule has 1 aliphatic heterocycles. The van der Waals surface area contributed by atoms with Crippen molar-refractivity contribution in [2.24, 2.45) is 0 Å². The van der Waals surface area contributed by atoms with Gasteiger partial charge in [-0.05, 0) is 26.3 Å². The number of rotatable bonds is 2. The number of hydrogen-bond donors (Lipinski definition) is 2. The summed E-state index contributed by atoms with van der Waals surface area (Å²) in [7, 11) is 0. The standard InChI is InChI=1S/C13H19NO2/c1-9(10(2)15)14-8-7-13(16)11-5-3-4-6-12(11)14/h3-6,9-10,13,15-16H,7-8H2,1-2H3. The van der Waals surface area contributed by atoms with E-state index in [2.05, 4.69) is 4.90 Å². The van der Waals surface area contributed by atoms with E-state index < -0.39 is 0 Å². The molecule has 0 saturated carbocycles. The summed E-state index contributed by atoms with van der Waals surface area (Å²) in [6, 6.07) is 7.96. The molecule has 0 radical (unpaired) electrons. The Bertz CT molecular complexity index is 365. The molecular formula is C13H19NO2. The van der Waals surface area contributed by atoms with Crippen LogP contribution in [0.25, 0.3) is 0 Å². The predicted molar refractivity (Wildman–Crippen MR) is 64.5 cm³/mol. The van der Waals surface area contributed by atoms with Crippen molar-refractivity contribution < 1.29 is 10.2 Å². The first-order valence-electron chi connectivity index (χ1n) is 5.83. The number of benzene rings is 1. The van der Waals surface area contributed by atoms with Crippen molar-refractivity contribution >= 4 is 5.69 Å². The van der Waals surface area contributed by atoms with Crippen LogP contribution in [-0.2, 0) is 0 Å². The zero-order chi connectivity index (χ0) is 11.7. The molecule has 3 atom stereocenters. The summed E-state index contributed by atoms with van der Waals surface area (Å²) in [5, 5.41) is 19.6. The van der Waals surface area contributed by atoms with Gasteiger partial charge in [-0.1, -0.05) is 18.2 Å². The Balaban J connectivity index is 2.34. The average molecular weight is 221 g/mol. The van der Waals surface area contributed by atoms with Gasteiger partial charge in [0.05, 0.1) is 18.2 Å². The molecule has 2 rings (SSSR count). The highest BCUT2D eigenvalue weighted by Crippen LogP contribution is 2.34. The highest BCUT2D eigenvalue weighted by Gasteiger charge is 2.27. The van der Waals surface area contributed by atoms with Crippen molar-refractivity contribution in [3.8, 4) is 0 Å². The molecule has 1 aromatic carbocycles. The van der Waals surface area contributed by atoms with E-state index in [1.165, 1.54) is 0 Å². The lowest BCUT2D eigenvalue weighted by molar-refractivity contribution is 0.143. The van der Waals surface area contributed by atoms with Crippen LogP contribution in [0.3, 0.4) is 0 Å². The van der Waals surface area contributed by atoms with Crippen molar-refractivity contribution in [3.05, 3.63) is 29.8 Å². The van der Waals surface area contributed by atoms with Crippen molar-refractivity contribution in [2.45, 2.75) is 38.5 Å². The van der Waals surface area contributed by atoms with E-state index in [1.807, 2.05) is 31.2 Å². The normalized spacial score (nSPS) is 23.8. The molecule has 0 spiro atoms. The van der Waals surface area contributed by atoms with E-state index in [-0.39, 0.29) is 18.2 Å². The van der Waals surface area contributed by atoms with Crippen LogP contribution in [0.1, 0.15) is 31.9 Å². The first-order valence-corrected chi connectivity index (χ1v) is 5.83. The minimum Gasteiger partial charge on any atom is -0.391 e. The quantitative estimate of drug-likeness (QED) is 0.799. The molecule has 3 heteroatoms. The second-order valence-corrected chi connectivity index (χ2v) is 4.54. The van der Waals surface area contributed by atoms with Gasteiger partial charge in [-0.15, -0.1) is 0 Å². The van der Waals surface area contributed by atoms with Gasteiger partial charge in [0, 0.05) is 17.8 Å². The average Bonchev–Trinajstić information content (AvgIpc) is 2.29. The Labute approximate surface area is 96.3 Å². The fraction of sp³-hybridized carbons (Fsp3) is 0.538. The molecule has 16 heavy (non-hydrogen) atoms. The molecule has 3 unspecified atom stereocenters. The van der Waals surface area contributed by atoms with Gasteiger partial charge in [0.25, 0.3) is 0 Å². The molecule has 2 N–H and O–H groups in total. The highest BCUT2D eigenvalue weighted by atomic mass is 16.3. The largest absolute Gasteiger partial charge is 0.391 e. The molecule has 0 amide bonds. The summed E-state index contributed by atoms with van der Waals surface area (Å²) < 4.78 is 0. The van der Waals surface area contributed by atoms with E-state index in [9.17, 15) is 10.2 Å². The molecule has 88 valence electrons. The zero-order valence-electron chi connectivity index (χ0n) is 9.80. The van der Waals surface area contributed by atoms with Crippen LogP contribution >= 0.6 is 0 Å². The third kappa shape index (κ3) is 1.93. The molecule has 0 aromatic heterocycles. The Kier molecular flexibility index (Phi) is 3.17. The molecule has 1 aromatic rings. The van der Waals surface area contributed by atoms with Gasteiger partial charge >= 0.3 is 0 Å². The topological polar surface area (TPSA) is 43.7 Å². The minimum atomic E-state index is -0.372. The number of aliphatic hydroxyl groups excluding tert-OH is 2. The van der Waals surface area contributed by atoms with Gasteiger partial charge in [-0.25, -0.2) is 0 Å². The van der Waals surface area contributed by atoms with Gasteiger partial charge in [-0.2, -0.15) is 0 Å². The molecule has 0 saturated heterocycles. The molecule has 0 aliphatic carbocycles. The number of nitrogens with zero attached hydrogens (tertiary/aromatic N) is 1. The first kappa shape index (κ1) is 11.4. The molecule has 1 heterocycles. The Hall–Kier alpha value is -1.06. The van der Waals surface area contributed by atoms with E-state index in [0.717, 1.165) is 24.2 Å². The van der Waals surface area contributed by atoms with Crippen LogP contribution in [0.15, 0.2) is 24.3 Å². The van der Waals surface area contributed by atoms with E-state index in [1.54, 1.807) is 6.92 Å². The number of anilines is 1. The molecule has 3 nitrogen and oxygen atoms in total. The third-order valence-corrected chi connectivity index (χ3v) is 3.44. The number of para-hydroxylation sites is 1. The monoisotopic (exact) mass is 221 g/mol. The first-order chi connectivity index (χ1) is 7.61. The van der Waals surface area contributed by atoms with Gasteiger partial charge < -0.3 is 15.1 Å². The Morgan fingerprint density at radius 3 is 2.69 bits per heavy atom.